The number of unbranched alkanes of at least 4 members (excludes halogenated alkanes) is 1. The van der Waals surface area contributed by atoms with Gasteiger partial charge in [0.15, 0.2) is 11.5 Å². The van der Waals surface area contributed by atoms with Crippen molar-refractivity contribution in [1.29, 1.82) is 0 Å². The summed E-state index contributed by atoms with van der Waals surface area (Å²) in [6.07, 6.45) is 2.22. The summed E-state index contributed by atoms with van der Waals surface area (Å²) in [5.74, 6) is 3.37. The number of guanidine groups is 1. The molecule has 0 fully saturated rings. The molecule has 3 aliphatic heterocycles. The zero-order valence-corrected chi connectivity index (χ0v) is 17.6. The van der Waals surface area contributed by atoms with Crippen molar-refractivity contribution >= 4 is 22.9 Å². The van der Waals surface area contributed by atoms with Crippen LogP contribution in [-0.4, -0.2) is 53.5 Å². The maximum absolute atomic E-state index is 5.85. The zero-order valence-electron chi connectivity index (χ0n) is 17.6. The fourth-order valence-electron chi connectivity index (χ4n) is 4.49. The summed E-state index contributed by atoms with van der Waals surface area (Å²) >= 11 is 0. The molecule has 8 nitrogen and oxygen atoms in total. The second-order valence-electron chi connectivity index (χ2n) is 8.16. The molecule has 1 N–H and O–H groups in total. The van der Waals surface area contributed by atoms with E-state index >= 15 is 0 Å². The largest absolute Gasteiger partial charge is 0.486 e. The summed E-state index contributed by atoms with van der Waals surface area (Å²) in [6.45, 7) is 5.90. The van der Waals surface area contributed by atoms with Crippen LogP contribution in [-0.2, 0) is 0 Å². The number of anilines is 1. The number of fused-ring (bicyclic) bond motifs is 6. The van der Waals surface area contributed by atoms with Gasteiger partial charge in [-0.05, 0) is 36.2 Å². The molecule has 0 amide bonds. The van der Waals surface area contributed by atoms with E-state index in [1.165, 1.54) is 12.8 Å². The number of rotatable bonds is 4. The lowest BCUT2D eigenvalue weighted by molar-refractivity contribution is 0.171. The van der Waals surface area contributed by atoms with Gasteiger partial charge in [0.2, 0.25) is 11.9 Å². The smallest absolute Gasteiger partial charge is 0.216 e. The van der Waals surface area contributed by atoms with E-state index in [1.54, 1.807) is 0 Å². The van der Waals surface area contributed by atoms with Gasteiger partial charge in [0, 0.05) is 6.54 Å². The monoisotopic (exact) mass is 418 g/mol. The van der Waals surface area contributed by atoms with Crippen molar-refractivity contribution in [3.63, 3.8) is 0 Å². The van der Waals surface area contributed by atoms with Gasteiger partial charge in [0.25, 0.3) is 0 Å². The molecule has 31 heavy (non-hydrogen) atoms. The number of hydrogen-bond donors (Lipinski definition) is 1. The quantitative estimate of drug-likeness (QED) is 0.702. The van der Waals surface area contributed by atoms with Crippen LogP contribution in [0.3, 0.4) is 0 Å². The predicted octanol–water partition coefficient (Wildman–Crippen LogP) is 3.15. The Kier molecular flexibility index (Phi) is 4.45. The topological polar surface area (TPSA) is 67.2 Å². The number of hydrogen-bond acceptors (Lipinski definition) is 7. The average Bonchev–Trinajstić information content (AvgIpc) is 3.22. The summed E-state index contributed by atoms with van der Waals surface area (Å²) in [5.41, 5.74) is 3.16. The van der Waals surface area contributed by atoms with E-state index < -0.39 is 0 Å². The number of ether oxygens (including phenoxy) is 2. The first-order valence-electron chi connectivity index (χ1n) is 11.0. The number of imidazole rings is 1. The molecule has 2 aromatic carbocycles. The summed E-state index contributed by atoms with van der Waals surface area (Å²) in [5, 5.41) is 3.67. The van der Waals surface area contributed by atoms with Crippen molar-refractivity contribution < 1.29 is 9.47 Å². The van der Waals surface area contributed by atoms with E-state index in [2.05, 4.69) is 56.9 Å². The van der Waals surface area contributed by atoms with Crippen LogP contribution in [0.2, 0.25) is 0 Å². The molecular weight excluding hydrogens is 392 g/mol. The van der Waals surface area contributed by atoms with Crippen LogP contribution in [0.15, 0.2) is 47.5 Å². The third kappa shape index (κ3) is 3.09. The van der Waals surface area contributed by atoms with Crippen LogP contribution in [0.1, 0.15) is 31.5 Å². The Morgan fingerprint density at radius 2 is 1.97 bits per heavy atom. The average molecular weight is 419 g/mol. The van der Waals surface area contributed by atoms with Crippen LogP contribution in [0.5, 0.6) is 11.5 Å². The molecule has 0 aliphatic carbocycles. The van der Waals surface area contributed by atoms with E-state index in [0.717, 1.165) is 53.2 Å². The standard InChI is InChI=1S/C23H26N6O2/c1-2-3-10-27-14-24-22-26-21(16-8-9-19-20(13-16)31-12-11-30-19)29-18-7-5-4-6-17(18)25-23(29)28(22)15-27/h4-9,13,21H,2-3,10-12,14-15H2,1H3,(H,24,26). The molecule has 3 aromatic rings. The number of nitrogens with one attached hydrogen (secondary N) is 1. The van der Waals surface area contributed by atoms with Crippen LogP contribution in [0.25, 0.3) is 11.0 Å². The van der Waals surface area contributed by atoms with Gasteiger partial charge >= 0.3 is 0 Å². The van der Waals surface area contributed by atoms with Crippen LogP contribution in [0, 0.1) is 0 Å². The van der Waals surface area contributed by atoms with Gasteiger partial charge in [-0.2, -0.15) is 0 Å². The molecular formula is C23H26N6O2. The lowest BCUT2D eigenvalue weighted by Gasteiger charge is -2.41. The SMILES string of the molecule is CCCCN1CN=C2NC(c3ccc4c(c3)OCCO4)n3c(nc4ccccc43)N2C1. The molecule has 3 aliphatic rings. The molecule has 1 aromatic heterocycles. The maximum Gasteiger partial charge on any atom is 0.216 e. The van der Waals surface area contributed by atoms with Gasteiger partial charge in [-0.25, -0.2) is 9.98 Å². The van der Waals surface area contributed by atoms with E-state index in [4.69, 9.17) is 19.5 Å². The highest BCUT2D eigenvalue weighted by atomic mass is 16.6. The van der Waals surface area contributed by atoms with Gasteiger partial charge in [0.1, 0.15) is 19.4 Å². The third-order valence-electron chi connectivity index (χ3n) is 6.07. The van der Waals surface area contributed by atoms with Crippen molar-refractivity contribution in [1.82, 2.24) is 19.8 Å². The molecule has 4 heterocycles. The Morgan fingerprint density at radius 3 is 2.87 bits per heavy atom. The first kappa shape index (κ1) is 18.5. The molecule has 0 radical (unpaired) electrons. The molecule has 0 saturated carbocycles. The van der Waals surface area contributed by atoms with Crippen molar-refractivity contribution in [2.24, 2.45) is 4.99 Å². The van der Waals surface area contributed by atoms with E-state index in [9.17, 15) is 0 Å². The Bertz CT molecular complexity index is 1160. The van der Waals surface area contributed by atoms with Crippen LogP contribution >= 0.6 is 0 Å². The van der Waals surface area contributed by atoms with Crippen LogP contribution in [0.4, 0.5) is 5.95 Å². The van der Waals surface area contributed by atoms with Gasteiger partial charge in [-0.1, -0.05) is 31.5 Å². The highest BCUT2D eigenvalue weighted by molar-refractivity contribution is 5.98. The molecule has 8 heteroatoms. The highest BCUT2D eigenvalue weighted by Gasteiger charge is 2.36. The summed E-state index contributed by atoms with van der Waals surface area (Å²) in [7, 11) is 0. The highest BCUT2D eigenvalue weighted by Crippen LogP contribution is 2.37. The number of aromatic nitrogens is 2. The fraction of sp³-hybridized carbons (Fsp3) is 0.391. The molecule has 6 rings (SSSR count). The number of para-hydroxylation sites is 2. The van der Waals surface area contributed by atoms with E-state index in [1.807, 2.05) is 12.1 Å². The predicted molar refractivity (Wildman–Crippen MR) is 120 cm³/mol. The Labute approximate surface area is 181 Å². The first-order chi connectivity index (χ1) is 15.3. The Balaban J connectivity index is 1.45. The molecule has 0 saturated heterocycles. The van der Waals surface area contributed by atoms with Gasteiger partial charge in [-0.15, -0.1) is 0 Å². The summed E-state index contributed by atoms with van der Waals surface area (Å²) in [4.78, 5) is 14.4. The first-order valence-corrected chi connectivity index (χ1v) is 11.0. The minimum atomic E-state index is -0.129. The number of nitrogens with zero attached hydrogens (tertiary/aromatic N) is 5. The van der Waals surface area contributed by atoms with Crippen molar-refractivity contribution in [2.75, 3.05) is 38.0 Å². The van der Waals surface area contributed by atoms with E-state index in [-0.39, 0.29) is 6.17 Å². The second-order valence-corrected chi connectivity index (χ2v) is 8.16. The second kappa shape index (κ2) is 7.46. The molecule has 0 bridgehead atoms. The molecule has 0 spiro atoms. The lowest BCUT2D eigenvalue weighted by Crippen LogP contribution is -2.57. The van der Waals surface area contributed by atoms with Gasteiger partial charge < -0.3 is 14.8 Å². The molecule has 1 unspecified atom stereocenters. The third-order valence-corrected chi connectivity index (χ3v) is 6.07. The summed E-state index contributed by atoms with van der Waals surface area (Å²) in [6, 6.07) is 14.4. The van der Waals surface area contributed by atoms with Crippen molar-refractivity contribution in [3.05, 3.63) is 48.0 Å². The van der Waals surface area contributed by atoms with Crippen LogP contribution < -0.4 is 19.7 Å². The lowest BCUT2D eigenvalue weighted by atomic mass is 10.1. The van der Waals surface area contributed by atoms with Crippen molar-refractivity contribution in [2.45, 2.75) is 25.9 Å². The van der Waals surface area contributed by atoms with E-state index in [0.29, 0.717) is 19.9 Å². The normalized spacial score (nSPS) is 20.1. The minimum absolute atomic E-state index is 0.129. The van der Waals surface area contributed by atoms with Crippen molar-refractivity contribution in [3.8, 4) is 11.5 Å². The Hall–Kier alpha value is -3.26. The van der Waals surface area contributed by atoms with Gasteiger partial charge in [-0.3, -0.25) is 14.4 Å². The zero-order chi connectivity index (χ0) is 20.8. The fourth-order valence-corrected chi connectivity index (χ4v) is 4.49. The molecule has 160 valence electrons. The number of benzene rings is 2. The minimum Gasteiger partial charge on any atom is -0.486 e. The summed E-state index contributed by atoms with van der Waals surface area (Å²) < 4.78 is 13.8. The maximum atomic E-state index is 5.85. The molecule has 1 atom stereocenters. The Morgan fingerprint density at radius 1 is 1.10 bits per heavy atom. The number of aliphatic imine (C=N–C) groups is 1. The van der Waals surface area contributed by atoms with Gasteiger partial charge in [0.05, 0.1) is 24.4 Å².